The summed E-state index contributed by atoms with van der Waals surface area (Å²) < 4.78 is 0. The summed E-state index contributed by atoms with van der Waals surface area (Å²) in [4.78, 5) is 11.1. The topological polar surface area (TPSA) is 81.0 Å². The lowest BCUT2D eigenvalue weighted by molar-refractivity contribution is -0.114. The fourth-order valence-electron chi connectivity index (χ4n) is 1.60. The number of hydrogen-bond acceptors (Lipinski definition) is 2. The molecule has 0 spiro atoms. The summed E-state index contributed by atoms with van der Waals surface area (Å²) in [6.45, 7) is 0. The van der Waals surface area contributed by atoms with Gasteiger partial charge in [0.2, 0.25) is 0 Å². The Hall–Kier alpha value is -2.28. The number of hydrogen-bond donors (Lipinski definition) is 1. The van der Waals surface area contributed by atoms with Gasteiger partial charge in [0.25, 0.3) is 5.91 Å². The molecule has 1 aromatic rings. The van der Waals surface area contributed by atoms with Gasteiger partial charge in [0, 0.05) is 11.1 Å². The molecule has 0 bridgehead atoms. The second-order valence-electron chi connectivity index (χ2n) is 3.16. The second-order valence-corrected chi connectivity index (χ2v) is 3.16. The third-order valence-electron chi connectivity index (χ3n) is 2.24. The number of primary amides is 1. The monoisotopic (exact) mass is 198 g/mol. The van der Waals surface area contributed by atoms with Crippen LogP contribution in [0, 0.1) is 11.3 Å². The van der Waals surface area contributed by atoms with E-state index in [0.717, 1.165) is 5.56 Å². The molecule has 1 aliphatic heterocycles. The van der Waals surface area contributed by atoms with E-state index in [9.17, 15) is 4.79 Å². The molecule has 2 N–H and O–H groups in total. The number of carbonyl (C=O) groups excluding carboxylic acids is 1. The summed E-state index contributed by atoms with van der Waals surface area (Å²) in [5, 5.41) is 12.8. The molecule has 0 saturated heterocycles. The van der Waals surface area contributed by atoms with Crippen molar-refractivity contribution in [3.63, 3.8) is 0 Å². The number of nitriles is 1. The molecular weight excluding hydrogens is 190 g/mol. The standard InChI is InChI=1S/C11H8N3O/c12-6-5-8-7-3-1-2-4-9(7)14-10(8)11(13)15/h1-4H,5H2,(H2,13,15). The molecule has 0 aliphatic carbocycles. The Bertz CT molecular complexity index is 497. The zero-order valence-corrected chi connectivity index (χ0v) is 7.90. The van der Waals surface area contributed by atoms with E-state index in [2.05, 4.69) is 5.32 Å². The van der Waals surface area contributed by atoms with Crippen LogP contribution in [0.15, 0.2) is 30.0 Å². The molecule has 2 rings (SSSR count). The minimum Gasteiger partial charge on any atom is -0.364 e. The maximum atomic E-state index is 11.1. The van der Waals surface area contributed by atoms with Crippen LogP contribution in [0.3, 0.4) is 0 Å². The van der Waals surface area contributed by atoms with Crippen molar-refractivity contribution in [1.29, 1.82) is 5.26 Å². The van der Waals surface area contributed by atoms with Crippen molar-refractivity contribution in [1.82, 2.24) is 5.32 Å². The van der Waals surface area contributed by atoms with E-state index >= 15 is 0 Å². The lowest BCUT2D eigenvalue weighted by Crippen LogP contribution is -2.18. The number of nitrogens with zero attached hydrogens (tertiary/aromatic N) is 2. The molecule has 0 aromatic heterocycles. The van der Waals surface area contributed by atoms with E-state index in [1.807, 2.05) is 24.3 Å². The van der Waals surface area contributed by atoms with Gasteiger partial charge in [-0.2, -0.15) is 5.26 Å². The number of para-hydroxylation sites is 1. The number of allylic oxidation sites excluding steroid dienone is 1. The Kier molecular flexibility index (Phi) is 2.14. The summed E-state index contributed by atoms with van der Waals surface area (Å²) in [5.74, 6) is -0.587. The summed E-state index contributed by atoms with van der Waals surface area (Å²) >= 11 is 0. The third-order valence-corrected chi connectivity index (χ3v) is 2.24. The number of carbonyl (C=O) groups is 1. The molecule has 4 nitrogen and oxygen atoms in total. The van der Waals surface area contributed by atoms with E-state index in [0.29, 0.717) is 11.3 Å². The highest BCUT2D eigenvalue weighted by molar-refractivity contribution is 6.04. The van der Waals surface area contributed by atoms with Gasteiger partial charge in [0.15, 0.2) is 0 Å². The molecule has 1 aliphatic rings. The van der Waals surface area contributed by atoms with Gasteiger partial charge in [0.1, 0.15) is 5.70 Å². The van der Waals surface area contributed by atoms with E-state index in [1.165, 1.54) is 0 Å². The first-order valence-electron chi connectivity index (χ1n) is 4.45. The van der Waals surface area contributed by atoms with Gasteiger partial charge in [-0.05, 0) is 6.07 Å². The Balaban J connectivity index is 2.53. The number of fused-ring (bicyclic) bond motifs is 1. The Morgan fingerprint density at radius 1 is 1.47 bits per heavy atom. The van der Waals surface area contributed by atoms with Gasteiger partial charge < -0.3 is 5.73 Å². The van der Waals surface area contributed by atoms with E-state index in [1.54, 1.807) is 6.07 Å². The molecule has 1 amide bonds. The first-order chi connectivity index (χ1) is 7.24. The van der Waals surface area contributed by atoms with E-state index in [-0.39, 0.29) is 12.1 Å². The second kappa shape index (κ2) is 3.46. The molecule has 0 saturated carbocycles. The quantitative estimate of drug-likeness (QED) is 0.770. The molecule has 1 radical (unpaired) electrons. The molecule has 4 heteroatoms. The van der Waals surface area contributed by atoms with Crippen LogP contribution in [0.2, 0.25) is 0 Å². The zero-order chi connectivity index (χ0) is 10.8. The van der Waals surface area contributed by atoms with Crippen LogP contribution >= 0.6 is 0 Å². The van der Waals surface area contributed by atoms with Crippen LogP contribution in [0.4, 0.5) is 5.69 Å². The van der Waals surface area contributed by atoms with E-state index in [4.69, 9.17) is 11.0 Å². The Morgan fingerprint density at radius 3 is 2.87 bits per heavy atom. The van der Waals surface area contributed by atoms with Gasteiger partial charge in [-0.25, -0.2) is 5.32 Å². The molecule has 0 atom stereocenters. The molecule has 15 heavy (non-hydrogen) atoms. The molecular formula is C11H8N3O. The molecule has 1 aromatic carbocycles. The van der Waals surface area contributed by atoms with Crippen LogP contribution in [0.1, 0.15) is 12.0 Å². The fraction of sp³-hybridized carbons (Fsp3) is 0.0909. The third kappa shape index (κ3) is 1.44. The van der Waals surface area contributed by atoms with Crippen LogP contribution in [0.5, 0.6) is 0 Å². The van der Waals surface area contributed by atoms with Crippen molar-refractivity contribution < 1.29 is 4.79 Å². The van der Waals surface area contributed by atoms with Crippen LogP contribution in [-0.4, -0.2) is 5.91 Å². The van der Waals surface area contributed by atoms with Crippen molar-refractivity contribution in [2.45, 2.75) is 6.42 Å². The zero-order valence-electron chi connectivity index (χ0n) is 7.90. The van der Waals surface area contributed by atoms with Gasteiger partial charge >= 0.3 is 0 Å². The smallest absolute Gasteiger partial charge is 0.267 e. The highest BCUT2D eigenvalue weighted by Gasteiger charge is 2.25. The average molecular weight is 198 g/mol. The minimum absolute atomic E-state index is 0.152. The number of benzene rings is 1. The van der Waals surface area contributed by atoms with Crippen LogP contribution < -0.4 is 11.1 Å². The number of amides is 1. The van der Waals surface area contributed by atoms with Crippen molar-refractivity contribution in [2.24, 2.45) is 5.73 Å². The van der Waals surface area contributed by atoms with Crippen LogP contribution in [0.25, 0.3) is 5.57 Å². The van der Waals surface area contributed by atoms with Crippen molar-refractivity contribution in [3.8, 4) is 6.07 Å². The number of rotatable bonds is 2. The number of nitrogens with two attached hydrogens (primary N) is 1. The van der Waals surface area contributed by atoms with Crippen molar-refractivity contribution in [2.75, 3.05) is 0 Å². The largest absolute Gasteiger partial charge is 0.364 e. The first-order valence-corrected chi connectivity index (χ1v) is 4.45. The van der Waals surface area contributed by atoms with Crippen molar-refractivity contribution in [3.05, 3.63) is 35.5 Å². The maximum Gasteiger partial charge on any atom is 0.267 e. The van der Waals surface area contributed by atoms with Gasteiger partial charge in [-0.1, -0.05) is 18.2 Å². The lowest BCUT2D eigenvalue weighted by Gasteiger charge is -1.97. The minimum atomic E-state index is -0.587. The van der Waals surface area contributed by atoms with Gasteiger partial charge in [-0.3, -0.25) is 4.79 Å². The maximum absolute atomic E-state index is 11.1. The Labute approximate surface area is 87.0 Å². The summed E-state index contributed by atoms with van der Waals surface area (Å²) in [7, 11) is 0. The fourth-order valence-corrected chi connectivity index (χ4v) is 1.60. The van der Waals surface area contributed by atoms with Crippen molar-refractivity contribution >= 4 is 17.2 Å². The highest BCUT2D eigenvalue weighted by Crippen LogP contribution is 2.35. The Morgan fingerprint density at radius 2 is 2.20 bits per heavy atom. The molecule has 0 unspecified atom stereocenters. The summed E-state index contributed by atoms with van der Waals surface area (Å²) in [6.07, 6.45) is 0.152. The van der Waals surface area contributed by atoms with Gasteiger partial charge in [0.05, 0.1) is 18.2 Å². The predicted molar refractivity (Wildman–Crippen MR) is 54.6 cm³/mol. The lowest BCUT2D eigenvalue weighted by atomic mass is 10.0. The summed E-state index contributed by atoms with van der Waals surface area (Å²) in [6, 6.07) is 9.31. The normalized spacial score (nSPS) is 13.0. The van der Waals surface area contributed by atoms with Crippen LogP contribution in [-0.2, 0) is 4.79 Å². The highest BCUT2D eigenvalue weighted by atomic mass is 16.1. The SMILES string of the molecule is N#CCC1=C(C(N)=O)[N]c2ccccc21. The predicted octanol–water partition coefficient (Wildman–Crippen LogP) is 1.05. The summed E-state index contributed by atoms with van der Waals surface area (Å²) in [5.41, 5.74) is 7.56. The molecule has 0 fully saturated rings. The average Bonchev–Trinajstić information content (AvgIpc) is 2.58. The van der Waals surface area contributed by atoms with Gasteiger partial charge in [-0.15, -0.1) is 0 Å². The first kappa shape index (κ1) is 9.28. The van der Waals surface area contributed by atoms with E-state index < -0.39 is 5.91 Å². The molecule has 73 valence electrons. The molecule has 1 heterocycles.